The Bertz CT molecular complexity index is 854. The van der Waals surface area contributed by atoms with Crippen molar-refractivity contribution in [3.63, 3.8) is 0 Å². The average Bonchev–Trinajstić information content (AvgIpc) is 2.60. The van der Waals surface area contributed by atoms with Crippen LogP contribution in [0.4, 0.5) is 33.3 Å². The molecule has 2 rings (SSSR count). The molecular weight excluding hydrogens is 375 g/mol. The van der Waals surface area contributed by atoms with Gasteiger partial charge in [0, 0.05) is 37.5 Å². The van der Waals surface area contributed by atoms with Crippen LogP contribution in [0.1, 0.15) is 11.1 Å². The minimum Gasteiger partial charge on any atom is -0.378 e. The molecule has 1 N–H and O–H groups in total. The summed E-state index contributed by atoms with van der Waals surface area (Å²) in [7, 11) is 3.07. The summed E-state index contributed by atoms with van der Waals surface area (Å²) in [4.78, 5) is 11.4. The fourth-order valence-electron chi connectivity index (χ4n) is 2.59. The number of hydrogen-bond donors (Lipinski definition) is 1. The van der Waals surface area contributed by atoms with Gasteiger partial charge in [-0.2, -0.15) is 22.0 Å². The van der Waals surface area contributed by atoms with Gasteiger partial charge in [0.1, 0.15) is 0 Å². The third-order valence-electron chi connectivity index (χ3n) is 4.07. The van der Waals surface area contributed by atoms with Crippen LogP contribution in [-0.2, 0) is 5.60 Å². The first-order valence-electron chi connectivity index (χ1n) is 7.52. The zero-order valence-corrected chi connectivity index (χ0v) is 14.2. The lowest BCUT2D eigenvalue weighted by atomic mass is 9.80. The Morgan fingerprint density at radius 3 is 1.96 bits per heavy atom. The summed E-state index contributed by atoms with van der Waals surface area (Å²) in [5.41, 5.74) is -6.04. The predicted molar refractivity (Wildman–Crippen MR) is 87.9 cm³/mol. The molecule has 0 bridgehead atoms. The minimum absolute atomic E-state index is 0.259. The Labute approximate surface area is 150 Å². The highest BCUT2D eigenvalue weighted by molar-refractivity contribution is 5.53. The van der Waals surface area contributed by atoms with Crippen LogP contribution in [0.2, 0.25) is 0 Å². The molecule has 0 aliphatic rings. The van der Waals surface area contributed by atoms with Gasteiger partial charge in [0.05, 0.1) is 4.92 Å². The molecule has 1 unspecified atom stereocenters. The standard InChI is InChI=1S/C17H15F5N2O3/c1-23(2)13-7-3-5-11(9-13)15(25,16(18,19)17(20,21)22)12-6-4-8-14(10-12)24(26)27/h3-10,25H,1-2H3. The van der Waals surface area contributed by atoms with E-state index in [2.05, 4.69) is 0 Å². The van der Waals surface area contributed by atoms with Crippen molar-refractivity contribution in [3.05, 3.63) is 69.8 Å². The Balaban J connectivity index is 2.83. The fourth-order valence-corrected chi connectivity index (χ4v) is 2.59. The predicted octanol–water partition coefficient (Wildman–Crippen LogP) is 4.09. The molecule has 0 heterocycles. The number of hydrogen-bond acceptors (Lipinski definition) is 4. The second kappa shape index (κ2) is 6.76. The molecule has 27 heavy (non-hydrogen) atoms. The second-order valence-corrected chi connectivity index (χ2v) is 6.03. The Hall–Kier alpha value is -2.75. The van der Waals surface area contributed by atoms with Crippen LogP contribution >= 0.6 is 0 Å². The number of benzene rings is 2. The zero-order valence-electron chi connectivity index (χ0n) is 14.2. The van der Waals surface area contributed by atoms with Crippen molar-refractivity contribution in [2.45, 2.75) is 17.7 Å². The van der Waals surface area contributed by atoms with E-state index in [4.69, 9.17) is 0 Å². The van der Waals surface area contributed by atoms with Crippen LogP contribution in [0, 0.1) is 10.1 Å². The smallest absolute Gasteiger partial charge is 0.378 e. The lowest BCUT2D eigenvalue weighted by Crippen LogP contribution is -2.55. The maximum atomic E-state index is 14.5. The van der Waals surface area contributed by atoms with Gasteiger partial charge in [-0.3, -0.25) is 10.1 Å². The molecule has 0 aliphatic heterocycles. The summed E-state index contributed by atoms with van der Waals surface area (Å²) in [6.45, 7) is 0. The number of alkyl halides is 5. The van der Waals surface area contributed by atoms with Crippen molar-refractivity contribution < 1.29 is 32.0 Å². The van der Waals surface area contributed by atoms with Crippen LogP contribution in [0.3, 0.4) is 0 Å². The van der Waals surface area contributed by atoms with E-state index in [0.717, 1.165) is 30.3 Å². The number of aliphatic hydroxyl groups is 1. The van der Waals surface area contributed by atoms with E-state index in [0.29, 0.717) is 6.07 Å². The van der Waals surface area contributed by atoms with E-state index in [1.54, 1.807) is 0 Å². The molecular formula is C17H15F5N2O3. The first-order chi connectivity index (χ1) is 12.3. The summed E-state index contributed by atoms with van der Waals surface area (Å²) in [5.74, 6) is -5.62. The molecule has 5 nitrogen and oxygen atoms in total. The van der Waals surface area contributed by atoms with E-state index < -0.39 is 39.4 Å². The first-order valence-corrected chi connectivity index (χ1v) is 7.52. The Kier molecular flexibility index (Phi) is 5.15. The first kappa shape index (κ1) is 20.6. The van der Waals surface area contributed by atoms with Gasteiger partial charge < -0.3 is 10.0 Å². The third-order valence-corrected chi connectivity index (χ3v) is 4.07. The molecule has 0 aromatic heterocycles. The molecule has 0 amide bonds. The van der Waals surface area contributed by atoms with Gasteiger partial charge >= 0.3 is 12.1 Å². The molecule has 2 aromatic carbocycles. The molecule has 0 fully saturated rings. The molecule has 0 saturated carbocycles. The molecule has 1 atom stereocenters. The van der Waals surface area contributed by atoms with Gasteiger partial charge in [-0.05, 0) is 17.7 Å². The van der Waals surface area contributed by atoms with Gasteiger partial charge in [0.25, 0.3) is 5.69 Å². The van der Waals surface area contributed by atoms with Crippen LogP contribution in [0.5, 0.6) is 0 Å². The van der Waals surface area contributed by atoms with E-state index in [9.17, 15) is 37.2 Å². The molecule has 0 aliphatic carbocycles. The van der Waals surface area contributed by atoms with Crippen molar-refractivity contribution in [1.29, 1.82) is 0 Å². The number of nitrogens with zero attached hydrogens (tertiary/aromatic N) is 2. The number of halogens is 5. The van der Waals surface area contributed by atoms with Crippen molar-refractivity contribution >= 4 is 11.4 Å². The second-order valence-electron chi connectivity index (χ2n) is 6.03. The summed E-state index contributed by atoms with van der Waals surface area (Å²) >= 11 is 0. The average molecular weight is 390 g/mol. The highest BCUT2D eigenvalue weighted by atomic mass is 19.4. The summed E-state index contributed by atoms with van der Waals surface area (Å²) in [6.07, 6.45) is -6.11. The number of nitro benzene ring substituents is 1. The van der Waals surface area contributed by atoms with Crippen molar-refractivity contribution in [2.75, 3.05) is 19.0 Å². The van der Waals surface area contributed by atoms with E-state index in [-0.39, 0.29) is 5.69 Å². The summed E-state index contributed by atoms with van der Waals surface area (Å²) in [6, 6.07) is 7.68. The molecule has 0 spiro atoms. The lowest BCUT2D eigenvalue weighted by Gasteiger charge is -2.37. The summed E-state index contributed by atoms with van der Waals surface area (Å²) in [5, 5.41) is 21.6. The zero-order chi connectivity index (χ0) is 20.6. The van der Waals surface area contributed by atoms with Crippen molar-refractivity contribution in [2.24, 2.45) is 0 Å². The van der Waals surface area contributed by atoms with Crippen molar-refractivity contribution in [1.82, 2.24) is 0 Å². The Morgan fingerprint density at radius 2 is 1.48 bits per heavy atom. The maximum absolute atomic E-state index is 14.5. The largest absolute Gasteiger partial charge is 0.457 e. The van der Waals surface area contributed by atoms with E-state index >= 15 is 0 Å². The van der Waals surface area contributed by atoms with Crippen molar-refractivity contribution in [3.8, 4) is 0 Å². The molecule has 2 aromatic rings. The monoisotopic (exact) mass is 390 g/mol. The fraction of sp³-hybridized carbons (Fsp3) is 0.294. The topological polar surface area (TPSA) is 66.6 Å². The molecule has 0 saturated heterocycles. The quantitative estimate of drug-likeness (QED) is 0.474. The number of non-ortho nitro benzene ring substituents is 1. The SMILES string of the molecule is CN(C)c1cccc(C(O)(c2cccc([N+](=O)[O-])c2)C(F)(F)C(F)(F)F)c1. The van der Waals surface area contributed by atoms with Crippen LogP contribution in [0.15, 0.2) is 48.5 Å². The maximum Gasteiger partial charge on any atom is 0.457 e. The Morgan fingerprint density at radius 1 is 0.963 bits per heavy atom. The van der Waals surface area contributed by atoms with Gasteiger partial charge in [-0.25, -0.2) is 0 Å². The minimum atomic E-state index is -6.11. The van der Waals surface area contributed by atoms with Crippen LogP contribution in [0.25, 0.3) is 0 Å². The molecule has 0 radical (unpaired) electrons. The van der Waals surface area contributed by atoms with Gasteiger partial charge in [-0.15, -0.1) is 0 Å². The highest BCUT2D eigenvalue weighted by Crippen LogP contribution is 2.52. The van der Waals surface area contributed by atoms with Gasteiger partial charge in [0.15, 0.2) is 5.60 Å². The number of anilines is 1. The van der Waals surface area contributed by atoms with E-state index in [1.807, 2.05) is 0 Å². The van der Waals surface area contributed by atoms with Gasteiger partial charge in [0.2, 0.25) is 0 Å². The lowest BCUT2D eigenvalue weighted by molar-refractivity contribution is -0.385. The van der Waals surface area contributed by atoms with E-state index in [1.165, 1.54) is 31.1 Å². The molecule has 10 heteroatoms. The summed E-state index contributed by atoms with van der Waals surface area (Å²) < 4.78 is 68.4. The third kappa shape index (κ3) is 3.44. The molecule has 146 valence electrons. The number of nitro groups is 1. The van der Waals surface area contributed by atoms with Gasteiger partial charge in [-0.1, -0.05) is 24.3 Å². The van der Waals surface area contributed by atoms with Crippen LogP contribution < -0.4 is 4.90 Å². The number of rotatable bonds is 5. The highest BCUT2D eigenvalue weighted by Gasteiger charge is 2.71. The van der Waals surface area contributed by atoms with Crippen LogP contribution in [-0.4, -0.2) is 36.2 Å². The normalized spacial score (nSPS) is 14.5.